The molecule has 0 aromatic heterocycles. The fourth-order valence-corrected chi connectivity index (χ4v) is 4.06. The molecule has 0 spiro atoms. The number of hydrogen-bond donors (Lipinski definition) is 1. The Hall–Kier alpha value is -0.120. The van der Waals surface area contributed by atoms with Crippen LogP contribution in [0.5, 0.6) is 0 Å². The molecule has 0 aromatic rings. The number of fused-ring (bicyclic) bond motifs is 1. The van der Waals surface area contributed by atoms with Gasteiger partial charge >= 0.3 is 0 Å². The second kappa shape index (κ2) is 4.52. The predicted molar refractivity (Wildman–Crippen MR) is 69.1 cm³/mol. The fourth-order valence-electron chi connectivity index (χ4n) is 4.06. The zero-order chi connectivity index (χ0) is 11.9. The maximum Gasteiger partial charge on any atom is 0.0588 e. The first kappa shape index (κ1) is 11.9. The van der Waals surface area contributed by atoms with Crippen LogP contribution in [0.4, 0.5) is 0 Å². The quantitative estimate of drug-likeness (QED) is 0.806. The van der Waals surface area contributed by atoms with E-state index in [-0.39, 0.29) is 0 Å². The van der Waals surface area contributed by atoms with Crippen molar-refractivity contribution in [3.63, 3.8) is 0 Å². The van der Waals surface area contributed by atoms with Crippen molar-refractivity contribution in [2.45, 2.75) is 44.8 Å². The molecule has 0 amide bonds. The van der Waals surface area contributed by atoms with Gasteiger partial charge in [0.1, 0.15) is 0 Å². The molecule has 3 atom stereocenters. The van der Waals surface area contributed by atoms with Gasteiger partial charge in [-0.25, -0.2) is 0 Å². The van der Waals surface area contributed by atoms with Gasteiger partial charge in [0.15, 0.2) is 0 Å². The van der Waals surface area contributed by atoms with Gasteiger partial charge < -0.3 is 10.1 Å². The van der Waals surface area contributed by atoms with E-state index < -0.39 is 0 Å². The molecule has 3 unspecified atom stereocenters. The fraction of sp³-hybridized carbons (Fsp3) is 1.00. The Morgan fingerprint density at radius 1 is 1.35 bits per heavy atom. The standard InChI is InChI=1S/C14H26N2O/c1-14(2)13-9-15-8-11(13)10-16(14)6-5-12-4-3-7-17-12/h11-13,15H,3-10H2,1-2H3. The monoisotopic (exact) mass is 238 g/mol. The second-order valence-corrected chi connectivity index (χ2v) is 6.55. The number of rotatable bonds is 3. The Kier molecular flexibility index (Phi) is 3.18. The van der Waals surface area contributed by atoms with E-state index in [0.717, 1.165) is 18.4 Å². The van der Waals surface area contributed by atoms with E-state index in [1.807, 2.05) is 0 Å². The normalized spacial score (nSPS) is 40.9. The van der Waals surface area contributed by atoms with Crippen LogP contribution in [0.3, 0.4) is 0 Å². The van der Waals surface area contributed by atoms with Crippen LogP contribution < -0.4 is 5.32 Å². The van der Waals surface area contributed by atoms with E-state index in [1.54, 1.807) is 0 Å². The van der Waals surface area contributed by atoms with Gasteiger partial charge in [0.25, 0.3) is 0 Å². The molecule has 3 nitrogen and oxygen atoms in total. The highest BCUT2D eigenvalue weighted by atomic mass is 16.5. The third kappa shape index (κ3) is 2.13. The number of ether oxygens (including phenoxy) is 1. The Morgan fingerprint density at radius 3 is 2.94 bits per heavy atom. The van der Waals surface area contributed by atoms with E-state index >= 15 is 0 Å². The SMILES string of the molecule is CC1(C)C2CNCC2CN1CCC1CCCO1. The lowest BCUT2D eigenvalue weighted by atomic mass is 9.85. The summed E-state index contributed by atoms with van der Waals surface area (Å²) in [6.07, 6.45) is 4.33. The van der Waals surface area contributed by atoms with Gasteiger partial charge in [-0.15, -0.1) is 0 Å². The minimum atomic E-state index is 0.382. The maximum absolute atomic E-state index is 5.74. The highest BCUT2D eigenvalue weighted by Gasteiger charge is 2.49. The number of nitrogens with zero attached hydrogens (tertiary/aromatic N) is 1. The first-order valence-electron chi connectivity index (χ1n) is 7.25. The minimum Gasteiger partial charge on any atom is -0.378 e. The second-order valence-electron chi connectivity index (χ2n) is 6.55. The summed E-state index contributed by atoms with van der Waals surface area (Å²) in [6, 6.07) is 0. The molecule has 3 saturated heterocycles. The number of hydrogen-bond acceptors (Lipinski definition) is 3. The topological polar surface area (TPSA) is 24.5 Å². The number of nitrogens with one attached hydrogen (secondary N) is 1. The van der Waals surface area contributed by atoms with Crippen LogP contribution in [-0.2, 0) is 4.74 Å². The van der Waals surface area contributed by atoms with Gasteiger partial charge in [0.2, 0.25) is 0 Å². The molecule has 3 heterocycles. The molecular formula is C14H26N2O. The summed E-state index contributed by atoms with van der Waals surface area (Å²) >= 11 is 0. The zero-order valence-electron chi connectivity index (χ0n) is 11.2. The Labute approximate surface area is 105 Å². The first-order valence-corrected chi connectivity index (χ1v) is 7.25. The molecular weight excluding hydrogens is 212 g/mol. The highest BCUT2D eigenvalue weighted by molar-refractivity contribution is 5.04. The lowest BCUT2D eigenvalue weighted by Gasteiger charge is -2.36. The summed E-state index contributed by atoms with van der Waals surface area (Å²) < 4.78 is 5.74. The molecule has 98 valence electrons. The lowest BCUT2D eigenvalue weighted by Crippen LogP contribution is -2.45. The summed E-state index contributed by atoms with van der Waals surface area (Å²) in [7, 11) is 0. The maximum atomic E-state index is 5.74. The molecule has 0 radical (unpaired) electrons. The van der Waals surface area contributed by atoms with Crippen molar-refractivity contribution in [1.82, 2.24) is 10.2 Å². The minimum absolute atomic E-state index is 0.382. The van der Waals surface area contributed by atoms with Crippen molar-refractivity contribution < 1.29 is 4.74 Å². The lowest BCUT2D eigenvalue weighted by molar-refractivity contribution is 0.0736. The Morgan fingerprint density at radius 2 is 2.24 bits per heavy atom. The Bertz CT molecular complexity index is 273. The van der Waals surface area contributed by atoms with Crippen LogP contribution in [0.25, 0.3) is 0 Å². The summed E-state index contributed by atoms with van der Waals surface area (Å²) in [6.45, 7) is 10.8. The molecule has 0 aliphatic carbocycles. The summed E-state index contributed by atoms with van der Waals surface area (Å²) in [5.41, 5.74) is 0.382. The summed E-state index contributed by atoms with van der Waals surface area (Å²) in [5.74, 6) is 1.74. The predicted octanol–water partition coefficient (Wildman–Crippen LogP) is 1.49. The van der Waals surface area contributed by atoms with Gasteiger partial charge in [-0.2, -0.15) is 0 Å². The van der Waals surface area contributed by atoms with Crippen molar-refractivity contribution in [2.24, 2.45) is 11.8 Å². The van der Waals surface area contributed by atoms with E-state index in [1.165, 1.54) is 45.4 Å². The number of likely N-dealkylation sites (tertiary alicyclic amines) is 1. The average Bonchev–Trinajstić information content (AvgIpc) is 2.96. The molecule has 0 saturated carbocycles. The molecule has 3 heteroatoms. The molecule has 3 rings (SSSR count). The van der Waals surface area contributed by atoms with Crippen LogP contribution in [0.1, 0.15) is 33.1 Å². The smallest absolute Gasteiger partial charge is 0.0588 e. The van der Waals surface area contributed by atoms with Gasteiger partial charge in [0.05, 0.1) is 6.10 Å². The van der Waals surface area contributed by atoms with E-state index in [9.17, 15) is 0 Å². The summed E-state index contributed by atoms with van der Waals surface area (Å²) in [5, 5.41) is 3.55. The summed E-state index contributed by atoms with van der Waals surface area (Å²) in [4.78, 5) is 2.71. The van der Waals surface area contributed by atoms with Crippen molar-refractivity contribution >= 4 is 0 Å². The molecule has 3 fully saturated rings. The van der Waals surface area contributed by atoms with Crippen molar-refractivity contribution in [3.8, 4) is 0 Å². The van der Waals surface area contributed by atoms with Crippen molar-refractivity contribution in [3.05, 3.63) is 0 Å². The molecule has 3 aliphatic rings. The average molecular weight is 238 g/mol. The third-order valence-corrected chi connectivity index (χ3v) is 5.26. The van der Waals surface area contributed by atoms with Gasteiger partial charge in [-0.3, -0.25) is 4.90 Å². The van der Waals surface area contributed by atoms with E-state index in [4.69, 9.17) is 4.74 Å². The zero-order valence-corrected chi connectivity index (χ0v) is 11.2. The molecule has 3 aliphatic heterocycles. The highest BCUT2D eigenvalue weighted by Crippen LogP contribution is 2.40. The molecule has 0 aromatic carbocycles. The van der Waals surface area contributed by atoms with Gasteiger partial charge in [0, 0.05) is 31.8 Å². The van der Waals surface area contributed by atoms with E-state index in [2.05, 4.69) is 24.1 Å². The first-order chi connectivity index (χ1) is 8.18. The van der Waals surface area contributed by atoms with Crippen LogP contribution in [0.2, 0.25) is 0 Å². The van der Waals surface area contributed by atoms with Crippen LogP contribution in [0, 0.1) is 11.8 Å². The largest absolute Gasteiger partial charge is 0.378 e. The molecule has 1 N–H and O–H groups in total. The van der Waals surface area contributed by atoms with Gasteiger partial charge in [-0.05, 0) is 51.5 Å². The van der Waals surface area contributed by atoms with Crippen LogP contribution >= 0.6 is 0 Å². The van der Waals surface area contributed by atoms with Crippen molar-refractivity contribution in [2.75, 3.05) is 32.8 Å². The molecule has 0 bridgehead atoms. The molecule has 17 heavy (non-hydrogen) atoms. The van der Waals surface area contributed by atoms with Crippen molar-refractivity contribution in [1.29, 1.82) is 0 Å². The van der Waals surface area contributed by atoms with Crippen LogP contribution in [0.15, 0.2) is 0 Å². The van der Waals surface area contributed by atoms with E-state index in [0.29, 0.717) is 11.6 Å². The third-order valence-electron chi connectivity index (χ3n) is 5.26. The van der Waals surface area contributed by atoms with Gasteiger partial charge in [-0.1, -0.05) is 0 Å². The van der Waals surface area contributed by atoms with Crippen LogP contribution in [-0.4, -0.2) is 49.3 Å². The Balaban J connectivity index is 1.56.